The molecule has 132 valence electrons. The molecule has 0 aliphatic heterocycles. The van der Waals surface area contributed by atoms with Crippen molar-refractivity contribution >= 4 is 21.6 Å². The second-order valence-electron chi connectivity index (χ2n) is 6.30. The van der Waals surface area contributed by atoms with Gasteiger partial charge in [-0.3, -0.25) is 0 Å². The van der Waals surface area contributed by atoms with Gasteiger partial charge < -0.3 is 15.7 Å². The van der Waals surface area contributed by atoms with Crippen molar-refractivity contribution in [2.24, 2.45) is 0 Å². The van der Waals surface area contributed by atoms with Gasteiger partial charge in [0.05, 0.1) is 11.4 Å². The molecular formula is C18H20N2O4S. The van der Waals surface area contributed by atoms with Crippen LogP contribution >= 0.6 is 0 Å². The number of anilines is 1. The van der Waals surface area contributed by atoms with Crippen LogP contribution in [0, 0.1) is 0 Å². The number of hydrogen-bond acceptors (Lipinski definition) is 4. The Balaban J connectivity index is 1.65. The normalized spacial score (nSPS) is 19.3. The Morgan fingerprint density at radius 3 is 2.72 bits per heavy atom. The van der Waals surface area contributed by atoms with Gasteiger partial charge in [0.1, 0.15) is 5.60 Å². The number of amides is 2. The zero-order chi connectivity index (χ0) is 18.1. The van der Waals surface area contributed by atoms with Crippen LogP contribution in [0.3, 0.4) is 0 Å². The quantitative estimate of drug-likeness (QED) is 0.777. The number of carbonyl (C=O) groups excluding carboxylic acids is 1. The van der Waals surface area contributed by atoms with Crippen molar-refractivity contribution in [3.63, 3.8) is 0 Å². The molecule has 0 bridgehead atoms. The average molecular weight is 360 g/mol. The summed E-state index contributed by atoms with van der Waals surface area (Å²) in [5.74, 6) is 0. The van der Waals surface area contributed by atoms with E-state index in [1.165, 1.54) is 12.1 Å². The lowest BCUT2D eigenvalue weighted by molar-refractivity contribution is 0.0417. The molecule has 0 radical (unpaired) electrons. The number of sulfone groups is 1. The molecule has 1 aliphatic rings. The first kappa shape index (κ1) is 17.4. The van der Waals surface area contributed by atoms with E-state index >= 15 is 0 Å². The Labute approximate surface area is 146 Å². The Bertz CT molecular complexity index is 911. The van der Waals surface area contributed by atoms with E-state index in [4.69, 9.17) is 0 Å². The van der Waals surface area contributed by atoms with Crippen molar-refractivity contribution in [1.82, 2.24) is 5.32 Å². The van der Waals surface area contributed by atoms with Crippen molar-refractivity contribution in [3.05, 3.63) is 59.7 Å². The number of rotatable bonds is 4. The molecule has 0 saturated heterocycles. The van der Waals surface area contributed by atoms with Gasteiger partial charge in [0.25, 0.3) is 0 Å². The van der Waals surface area contributed by atoms with E-state index in [9.17, 15) is 18.3 Å². The monoisotopic (exact) mass is 360 g/mol. The highest BCUT2D eigenvalue weighted by atomic mass is 32.2. The lowest BCUT2D eigenvalue weighted by atomic mass is 9.96. The first-order chi connectivity index (χ1) is 11.8. The lowest BCUT2D eigenvalue weighted by Gasteiger charge is -2.24. The van der Waals surface area contributed by atoms with Crippen LogP contribution in [0.1, 0.15) is 17.5 Å². The zero-order valence-corrected chi connectivity index (χ0v) is 14.6. The third-order valence-electron chi connectivity index (χ3n) is 4.39. The highest BCUT2D eigenvalue weighted by Gasteiger charge is 2.36. The predicted octanol–water partition coefficient (Wildman–Crippen LogP) is 2.05. The van der Waals surface area contributed by atoms with Crippen LogP contribution in [0.15, 0.2) is 53.4 Å². The zero-order valence-electron chi connectivity index (χ0n) is 13.8. The molecular weight excluding hydrogens is 340 g/mol. The molecule has 3 rings (SSSR count). The van der Waals surface area contributed by atoms with Crippen LogP contribution in [0.25, 0.3) is 0 Å². The van der Waals surface area contributed by atoms with E-state index in [1.54, 1.807) is 12.1 Å². The van der Waals surface area contributed by atoms with Crippen molar-refractivity contribution in [3.8, 4) is 0 Å². The smallest absolute Gasteiger partial charge is 0.319 e. The van der Waals surface area contributed by atoms with Crippen LogP contribution in [-0.4, -0.2) is 32.4 Å². The van der Waals surface area contributed by atoms with E-state index in [2.05, 4.69) is 10.6 Å². The molecule has 2 amide bonds. The van der Waals surface area contributed by atoms with Crippen LogP contribution in [0.4, 0.5) is 10.5 Å². The predicted molar refractivity (Wildman–Crippen MR) is 95.2 cm³/mol. The molecule has 1 atom stereocenters. The summed E-state index contributed by atoms with van der Waals surface area (Å²) in [6, 6.07) is 13.2. The Kier molecular flexibility index (Phi) is 4.53. The Morgan fingerprint density at radius 1 is 1.20 bits per heavy atom. The maximum atomic E-state index is 12.1. The minimum absolute atomic E-state index is 0.0849. The lowest BCUT2D eigenvalue weighted by Crippen LogP contribution is -2.41. The summed E-state index contributed by atoms with van der Waals surface area (Å²) in [4.78, 5) is 12.2. The number of benzene rings is 2. The molecule has 1 unspecified atom stereocenters. The van der Waals surface area contributed by atoms with Gasteiger partial charge in [-0.1, -0.05) is 30.3 Å². The molecule has 7 heteroatoms. The summed E-state index contributed by atoms with van der Waals surface area (Å²) in [7, 11) is -3.34. The molecule has 2 aromatic rings. The molecule has 3 N–H and O–H groups in total. The summed E-state index contributed by atoms with van der Waals surface area (Å²) in [6.07, 6.45) is 2.43. The van der Waals surface area contributed by atoms with Crippen LogP contribution < -0.4 is 10.6 Å². The molecule has 0 saturated carbocycles. The third-order valence-corrected chi connectivity index (χ3v) is 5.50. The summed E-state index contributed by atoms with van der Waals surface area (Å²) >= 11 is 0. The highest BCUT2D eigenvalue weighted by Crippen LogP contribution is 2.36. The molecule has 6 nitrogen and oxygen atoms in total. The topological polar surface area (TPSA) is 95.5 Å². The minimum Gasteiger partial charge on any atom is -0.383 e. The van der Waals surface area contributed by atoms with Gasteiger partial charge in [-0.15, -0.1) is 0 Å². The third kappa shape index (κ3) is 3.83. The Hall–Kier alpha value is -2.38. The van der Waals surface area contributed by atoms with E-state index < -0.39 is 21.5 Å². The average Bonchev–Trinajstić information content (AvgIpc) is 2.91. The van der Waals surface area contributed by atoms with Crippen LogP contribution in [0.2, 0.25) is 0 Å². The van der Waals surface area contributed by atoms with E-state index in [0.29, 0.717) is 12.1 Å². The van der Waals surface area contributed by atoms with Gasteiger partial charge >= 0.3 is 6.03 Å². The van der Waals surface area contributed by atoms with Crippen LogP contribution in [0.5, 0.6) is 0 Å². The van der Waals surface area contributed by atoms with E-state index in [0.717, 1.165) is 23.8 Å². The number of aliphatic hydroxyl groups is 1. The highest BCUT2D eigenvalue weighted by molar-refractivity contribution is 7.90. The van der Waals surface area contributed by atoms with E-state index in [1.807, 2.05) is 24.3 Å². The standard InChI is InChI=1S/C18H20N2O4S/c1-25(23,24)15-7-4-6-14(11-15)20-17(21)19-12-18(22)10-9-13-5-2-3-8-16(13)18/h2-8,11,22H,9-10,12H2,1H3,(H2,19,20,21). The second-order valence-corrected chi connectivity index (χ2v) is 8.31. The summed E-state index contributed by atoms with van der Waals surface area (Å²) < 4.78 is 23.1. The SMILES string of the molecule is CS(=O)(=O)c1cccc(NC(=O)NCC2(O)CCc3ccccc32)c1. The molecule has 0 fully saturated rings. The summed E-state index contributed by atoms with van der Waals surface area (Å²) in [6.45, 7) is 0.0849. The molecule has 1 aliphatic carbocycles. The van der Waals surface area contributed by atoms with Gasteiger partial charge in [0.15, 0.2) is 9.84 Å². The number of aryl methyl sites for hydroxylation is 1. The first-order valence-corrected chi connectivity index (χ1v) is 9.83. The van der Waals surface area contributed by atoms with Crippen molar-refractivity contribution in [2.45, 2.75) is 23.3 Å². The number of hydrogen-bond donors (Lipinski definition) is 3. The largest absolute Gasteiger partial charge is 0.383 e. The first-order valence-electron chi connectivity index (χ1n) is 7.94. The van der Waals surface area contributed by atoms with E-state index in [-0.39, 0.29) is 11.4 Å². The maximum Gasteiger partial charge on any atom is 0.319 e. The maximum absolute atomic E-state index is 12.1. The van der Waals surface area contributed by atoms with Crippen LogP contribution in [-0.2, 0) is 21.9 Å². The summed E-state index contributed by atoms with van der Waals surface area (Å²) in [5.41, 5.74) is 1.23. The minimum atomic E-state index is -3.34. The van der Waals surface area contributed by atoms with Gasteiger partial charge in [0.2, 0.25) is 0 Å². The molecule has 2 aromatic carbocycles. The Morgan fingerprint density at radius 2 is 1.96 bits per heavy atom. The number of nitrogens with one attached hydrogen (secondary N) is 2. The molecule has 25 heavy (non-hydrogen) atoms. The second kappa shape index (κ2) is 6.50. The van der Waals surface area contributed by atoms with Gasteiger partial charge in [-0.25, -0.2) is 13.2 Å². The number of urea groups is 1. The number of fused-ring (bicyclic) bond motifs is 1. The fourth-order valence-electron chi connectivity index (χ4n) is 3.06. The van der Waals surface area contributed by atoms with Gasteiger partial charge in [-0.2, -0.15) is 0 Å². The molecule has 0 heterocycles. The molecule has 0 aromatic heterocycles. The van der Waals surface area contributed by atoms with Gasteiger partial charge in [-0.05, 0) is 42.2 Å². The molecule has 0 spiro atoms. The van der Waals surface area contributed by atoms with Crippen molar-refractivity contribution in [2.75, 3.05) is 18.1 Å². The summed E-state index contributed by atoms with van der Waals surface area (Å²) in [5, 5.41) is 16.0. The fraction of sp³-hybridized carbons (Fsp3) is 0.278. The number of carbonyl (C=O) groups is 1. The van der Waals surface area contributed by atoms with Crippen molar-refractivity contribution < 1.29 is 18.3 Å². The van der Waals surface area contributed by atoms with Gasteiger partial charge in [0, 0.05) is 11.9 Å². The fourth-order valence-corrected chi connectivity index (χ4v) is 3.73. The van der Waals surface area contributed by atoms with Crippen molar-refractivity contribution in [1.29, 1.82) is 0 Å².